The molecule has 0 unspecified atom stereocenters. The zero-order valence-corrected chi connectivity index (χ0v) is 10.6. The smallest absolute Gasteiger partial charge is 0.313 e. The van der Waals surface area contributed by atoms with Crippen molar-refractivity contribution in [2.24, 2.45) is 0 Å². The van der Waals surface area contributed by atoms with Gasteiger partial charge in [0.25, 0.3) is 5.12 Å². The van der Waals surface area contributed by atoms with Gasteiger partial charge < -0.3 is 10.1 Å². The number of carbonyl (C=O) groups is 4. The Hall–Kier alpha value is -1.37. The first-order valence-corrected chi connectivity index (χ1v) is 6.03. The Morgan fingerprint density at radius 3 is 2.41 bits per heavy atom. The summed E-state index contributed by atoms with van der Waals surface area (Å²) in [6, 6.07) is 0. The summed E-state index contributed by atoms with van der Waals surface area (Å²) in [4.78, 5) is 43.9. The molecule has 17 heavy (non-hydrogen) atoms. The third-order valence-electron chi connectivity index (χ3n) is 1.74. The molecule has 0 aliphatic heterocycles. The summed E-state index contributed by atoms with van der Waals surface area (Å²) in [7, 11) is 1.15. The minimum absolute atomic E-state index is 0.112. The summed E-state index contributed by atoms with van der Waals surface area (Å²) in [5.41, 5.74) is 0. The monoisotopic (exact) mass is 261 g/mol. The molecule has 0 aliphatic rings. The van der Waals surface area contributed by atoms with Crippen molar-refractivity contribution < 1.29 is 23.9 Å². The number of methoxy groups -OCH3 is 1. The second-order valence-electron chi connectivity index (χ2n) is 3.02. The number of Topliss-reactive ketones (excluding diaryl/α,β-unsaturated/α-hetero) is 1. The van der Waals surface area contributed by atoms with Gasteiger partial charge in [0.15, 0.2) is 0 Å². The van der Waals surface area contributed by atoms with Gasteiger partial charge in [-0.3, -0.25) is 19.2 Å². The summed E-state index contributed by atoms with van der Waals surface area (Å²) in [6.07, 6.45) is -0.163. The van der Waals surface area contributed by atoms with Crippen LogP contribution >= 0.6 is 11.8 Å². The average molecular weight is 261 g/mol. The van der Waals surface area contributed by atoms with Crippen molar-refractivity contribution in [3.05, 3.63) is 0 Å². The number of thioether (sulfide) groups is 1. The van der Waals surface area contributed by atoms with Gasteiger partial charge in [-0.2, -0.15) is 0 Å². The molecule has 0 saturated heterocycles. The lowest BCUT2D eigenvalue weighted by atomic mass is 10.3. The number of amides is 1. The van der Waals surface area contributed by atoms with Gasteiger partial charge in [-0.1, -0.05) is 18.7 Å². The van der Waals surface area contributed by atoms with Gasteiger partial charge in [0, 0.05) is 18.7 Å². The van der Waals surface area contributed by atoms with Gasteiger partial charge in [0.2, 0.25) is 11.7 Å². The lowest BCUT2D eigenvalue weighted by Gasteiger charge is -2.02. The van der Waals surface area contributed by atoms with Crippen LogP contribution in [0, 0.1) is 0 Å². The molecule has 6 nitrogen and oxygen atoms in total. The molecule has 0 heterocycles. The third kappa shape index (κ3) is 7.51. The van der Waals surface area contributed by atoms with Gasteiger partial charge in [-0.05, 0) is 0 Å². The van der Waals surface area contributed by atoms with E-state index in [4.69, 9.17) is 0 Å². The molecule has 0 fully saturated rings. The van der Waals surface area contributed by atoms with E-state index in [0.29, 0.717) is 18.7 Å². The van der Waals surface area contributed by atoms with E-state index >= 15 is 0 Å². The van der Waals surface area contributed by atoms with Gasteiger partial charge in [-0.15, -0.1) is 0 Å². The first-order valence-electron chi connectivity index (χ1n) is 5.04. The molecular weight excluding hydrogens is 246 g/mol. The Morgan fingerprint density at radius 1 is 1.24 bits per heavy atom. The van der Waals surface area contributed by atoms with Crippen LogP contribution in [0.3, 0.4) is 0 Å². The predicted molar refractivity (Wildman–Crippen MR) is 62.4 cm³/mol. The lowest BCUT2D eigenvalue weighted by Crippen LogP contribution is -2.25. The summed E-state index contributed by atoms with van der Waals surface area (Å²) >= 11 is 0.779. The van der Waals surface area contributed by atoms with Gasteiger partial charge >= 0.3 is 5.97 Å². The molecule has 0 spiro atoms. The summed E-state index contributed by atoms with van der Waals surface area (Å²) in [5.74, 6) is -1.33. The first kappa shape index (κ1) is 15.6. The summed E-state index contributed by atoms with van der Waals surface area (Å²) < 4.78 is 4.26. The molecule has 0 aromatic carbocycles. The quantitative estimate of drug-likeness (QED) is 0.298. The van der Waals surface area contributed by atoms with Gasteiger partial charge in [0.1, 0.15) is 6.42 Å². The van der Waals surface area contributed by atoms with E-state index in [1.165, 1.54) is 0 Å². The molecule has 0 aliphatic carbocycles. The zero-order valence-electron chi connectivity index (χ0n) is 9.78. The van der Waals surface area contributed by atoms with Crippen molar-refractivity contribution in [2.75, 3.05) is 19.4 Å². The van der Waals surface area contributed by atoms with E-state index in [0.717, 1.165) is 18.9 Å². The highest BCUT2D eigenvalue weighted by molar-refractivity contribution is 8.15. The van der Waals surface area contributed by atoms with Crippen LogP contribution in [0.1, 0.15) is 19.8 Å². The highest BCUT2D eigenvalue weighted by Gasteiger charge is 2.18. The molecule has 0 radical (unpaired) electrons. The third-order valence-corrected chi connectivity index (χ3v) is 2.64. The molecule has 0 aromatic heterocycles. The van der Waals surface area contributed by atoms with Gasteiger partial charge in [0.05, 0.1) is 7.11 Å². The van der Waals surface area contributed by atoms with Crippen LogP contribution < -0.4 is 5.32 Å². The maximum Gasteiger partial charge on any atom is 0.313 e. The van der Waals surface area contributed by atoms with Crippen LogP contribution in [-0.2, 0) is 23.9 Å². The standard InChI is InChI=1S/C10H15NO5S/c1-3-8(13)11-4-5-17-10(15)7(12)6-9(14)16-2/h3-6H2,1-2H3,(H,11,13). The Balaban J connectivity index is 3.75. The SMILES string of the molecule is CCC(=O)NCCSC(=O)C(=O)CC(=O)OC. The number of ether oxygens (including phenoxy) is 1. The fourth-order valence-corrected chi connectivity index (χ4v) is 1.44. The number of rotatable bonds is 7. The number of ketones is 1. The van der Waals surface area contributed by atoms with Crippen molar-refractivity contribution >= 4 is 34.5 Å². The van der Waals surface area contributed by atoms with E-state index in [9.17, 15) is 19.2 Å². The second-order valence-corrected chi connectivity index (χ2v) is 4.08. The number of nitrogens with one attached hydrogen (secondary N) is 1. The molecule has 7 heteroatoms. The second kappa shape index (κ2) is 8.74. The summed E-state index contributed by atoms with van der Waals surface area (Å²) in [5, 5.41) is 1.87. The zero-order chi connectivity index (χ0) is 13.3. The fourth-order valence-electron chi connectivity index (χ4n) is 0.815. The van der Waals surface area contributed by atoms with E-state index in [1.807, 2.05) is 0 Å². The Kier molecular flexibility index (Phi) is 8.04. The molecule has 1 N–H and O–H groups in total. The fraction of sp³-hybridized carbons (Fsp3) is 0.600. The lowest BCUT2D eigenvalue weighted by molar-refractivity contribution is -0.145. The number of esters is 1. The van der Waals surface area contributed by atoms with Crippen molar-refractivity contribution in [2.45, 2.75) is 19.8 Å². The summed E-state index contributed by atoms with van der Waals surface area (Å²) in [6.45, 7) is 2.03. The highest BCUT2D eigenvalue weighted by Crippen LogP contribution is 2.04. The maximum atomic E-state index is 11.2. The highest BCUT2D eigenvalue weighted by atomic mass is 32.2. The van der Waals surface area contributed by atoms with Gasteiger partial charge in [-0.25, -0.2) is 0 Å². The van der Waals surface area contributed by atoms with Crippen molar-refractivity contribution in [3.63, 3.8) is 0 Å². The largest absolute Gasteiger partial charge is 0.469 e. The van der Waals surface area contributed by atoms with Crippen LogP contribution in [0.2, 0.25) is 0 Å². The predicted octanol–water partition coefficient (Wildman–Crippen LogP) is -0.0954. The van der Waals surface area contributed by atoms with E-state index in [-0.39, 0.29) is 5.91 Å². The maximum absolute atomic E-state index is 11.2. The molecule has 0 saturated carbocycles. The number of hydrogen-bond donors (Lipinski definition) is 1. The minimum atomic E-state index is -0.788. The van der Waals surface area contributed by atoms with Crippen LogP contribution in [0.5, 0.6) is 0 Å². The van der Waals surface area contributed by atoms with E-state index < -0.39 is 23.3 Å². The average Bonchev–Trinajstić information content (AvgIpc) is 2.33. The molecule has 0 aromatic rings. The number of carbonyl (C=O) groups excluding carboxylic acids is 4. The Bertz CT molecular complexity index is 316. The van der Waals surface area contributed by atoms with Crippen molar-refractivity contribution in [1.29, 1.82) is 0 Å². The minimum Gasteiger partial charge on any atom is -0.469 e. The molecule has 96 valence electrons. The Labute approximate surface area is 103 Å². The number of hydrogen-bond acceptors (Lipinski definition) is 6. The Morgan fingerprint density at radius 2 is 1.88 bits per heavy atom. The van der Waals surface area contributed by atoms with Crippen LogP contribution in [-0.4, -0.2) is 42.2 Å². The van der Waals surface area contributed by atoms with Crippen LogP contribution in [0.15, 0.2) is 0 Å². The van der Waals surface area contributed by atoms with E-state index in [2.05, 4.69) is 10.1 Å². The molecule has 0 rings (SSSR count). The molecule has 0 atom stereocenters. The van der Waals surface area contributed by atoms with E-state index in [1.54, 1.807) is 6.92 Å². The topological polar surface area (TPSA) is 89.5 Å². The van der Waals surface area contributed by atoms with Crippen LogP contribution in [0.25, 0.3) is 0 Å². The van der Waals surface area contributed by atoms with Crippen molar-refractivity contribution in [3.8, 4) is 0 Å². The first-order chi connectivity index (χ1) is 8.01. The molecule has 0 bridgehead atoms. The normalized spacial score (nSPS) is 9.53. The molecular formula is C10H15NO5S. The van der Waals surface area contributed by atoms with Crippen molar-refractivity contribution in [1.82, 2.24) is 5.32 Å². The molecule has 1 amide bonds. The van der Waals surface area contributed by atoms with Crippen LogP contribution in [0.4, 0.5) is 0 Å².